The Hall–Kier alpha value is -1.72. The first kappa shape index (κ1) is 14.7. The van der Waals surface area contributed by atoms with Crippen LogP contribution in [0.3, 0.4) is 0 Å². The van der Waals surface area contributed by atoms with Crippen molar-refractivity contribution in [1.29, 1.82) is 0 Å². The quantitative estimate of drug-likeness (QED) is 0.623. The molecule has 0 aromatic heterocycles. The van der Waals surface area contributed by atoms with Crippen molar-refractivity contribution >= 4 is 11.4 Å². The largest absolute Gasteiger partial charge is 0.384 e. The number of nitro groups is 1. The summed E-state index contributed by atoms with van der Waals surface area (Å²) in [5, 5.41) is 13.7. The Morgan fingerprint density at radius 3 is 2.50 bits per heavy atom. The second-order valence-electron chi connectivity index (χ2n) is 5.70. The summed E-state index contributed by atoms with van der Waals surface area (Å²) >= 11 is 0. The molecular formula is C14H18F2N2O2. The van der Waals surface area contributed by atoms with E-state index in [1.54, 1.807) is 0 Å². The van der Waals surface area contributed by atoms with Crippen LogP contribution in [0.15, 0.2) is 18.2 Å². The van der Waals surface area contributed by atoms with Crippen molar-refractivity contribution in [2.24, 2.45) is 11.3 Å². The van der Waals surface area contributed by atoms with E-state index in [-0.39, 0.29) is 22.4 Å². The first-order valence-corrected chi connectivity index (χ1v) is 6.66. The molecule has 1 N–H and O–H groups in total. The lowest BCUT2D eigenvalue weighted by molar-refractivity contribution is -0.385. The third-order valence-electron chi connectivity index (χ3n) is 4.23. The maximum Gasteiger partial charge on any atom is 0.270 e. The number of anilines is 1. The van der Waals surface area contributed by atoms with Crippen molar-refractivity contribution in [1.82, 2.24) is 0 Å². The maximum atomic E-state index is 13.0. The molecule has 1 aliphatic carbocycles. The molecule has 6 heteroatoms. The van der Waals surface area contributed by atoms with Gasteiger partial charge in [0, 0.05) is 29.9 Å². The van der Waals surface area contributed by atoms with E-state index < -0.39 is 11.3 Å². The van der Waals surface area contributed by atoms with E-state index >= 15 is 0 Å². The Labute approximate surface area is 116 Å². The Morgan fingerprint density at radius 2 is 2.05 bits per heavy atom. The molecule has 0 aliphatic heterocycles. The molecule has 0 heterocycles. The van der Waals surface area contributed by atoms with Gasteiger partial charge in [-0.2, -0.15) is 0 Å². The topological polar surface area (TPSA) is 55.2 Å². The zero-order valence-electron chi connectivity index (χ0n) is 11.5. The Morgan fingerprint density at radius 1 is 1.40 bits per heavy atom. The van der Waals surface area contributed by atoms with Gasteiger partial charge in [0.2, 0.25) is 0 Å². The highest BCUT2D eigenvalue weighted by atomic mass is 19.3. The number of hydrogen-bond acceptors (Lipinski definition) is 3. The summed E-state index contributed by atoms with van der Waals surface area (Å²) in [4.78, 5) is 9.98. The van der Waals surface area contributed by atoms with E-state index in [9.17, 15) is 18.9 Å². The fourth-order valence-corrected chi connectivity index (χ4v) is 2.40. The number of nitrogens with zero attached hydrogens (tertiary/aromatic N) is 1. The number of halogens is 2. The van der Waals surface area contributed by atoms with Gasteiger partial charge in [0.15, 0.2) is 0 Å². The summed E-state index contributed by atoms with van der Waals surface area (Å²) in [5.41, 5.74) is -0.145. The molecule has 1 aliphatic rings. The van der Waals surface area contributed by atoms with Gasteiger partial charge >= 0.3 is 0 Å². The van der Waals surface area contributed by atoms with Crippen molar-refractivity contribution in [2.75, 3.05) is 11.9 Å². The second kappa shape index (κ2) is 5.34. The van der Waals surface area contributed by atoms with Crippen LogP contribution in [0.1, 0.15) is 38.7 Å². The van der Waals surface area contributed by atoms with Crippen LogP contribution in [-0.2, 0) is 0 Å². The predicted octanol–water partition coefficient (Wildman–Crippen LogP) is 4.38. The van der Waals surface area contributed by atoms with E-state index in [0.29, 0.717) is 12.5 Å². The second-order valence-corrected chi connectivity index (χ2v) is 5.70. The summed E-state index contributed by atoms with van der Waals surface area (Å²) in [6, 6.07) is 3.57. The van der Waals surface area contributed by atoms with Crippen molar-refractivity contribution in [3.05, 3.63) is 33.9 Å². The van der Waals surface area contributed by atoms with Crippen molar-refractivity contribution in [2.45, 2.75) is 33.1 Å². The molecule has 2 rings (SSSR count). The van der Waals surface area contributed by atoms with Gasteiger partial charge in [0.1, 0.15) is 0 Å². The van der Waals surface area contributed by atoms with Crippen LogP contribution in [0.25, 0.3) is 0 Å². The van der Waals surface area contributed by atoms with Gasteiger partial charge in [0.05, 0.1) is 4.92 Å². The molecule has 1 aromatic carbocycles. The molecule has 0 unspecified atom stereocenters. The molecule has 0 radical (unpaired) electrons. The standard InChI is InChI=1S/C14H18F2N2O2/c1-9(2)14(5-6-14)8-17-12-4-3-10(18(19)20)7-11(12)13(15)16/h3-4,7,9,13,17H,5-6,8H2,1-2H3. The normalized spacial score (nSPS) is 16.5. The first-order valence-electron chi connectivity index (χ1n) is 6.66. The molecule has 0 saturated heterocycles. The minimum absolute atomic E-state index is 0.182. The number of hydrogen-bond donors (Lipinski definition) is 1. The molecule has 110 valence electrons. The van der Waals surface area contributed by atoms with Crippen LogP contribution >= 0.6 is 0 Å². The SMILES string of the molecule is CC(C)C1(CNc2ccc([N+](=O)[O-])cc2C(F)F)CC1. The van der Waals surface area contributed by atoms with Crippen LogP contribution in [-0.4, -0.2) is 11.5 Å². The molecule has 1 aromatic rings. The Balaban J connectivity index is 2.17. The monoisotopic (exact) mass is 284 g/mol. The third-order valence-corrected chi connectivity index (χ3v) is 4.23. The smallest absolute Gasteiger partial charge is 0.270 e. The third kappa shape index (κ3) is 2.89. The molecule has 0 spiro atoms. The molecule has 0 amide bonds. The molecule has 4 nitrogen and oxygen atoms in total. The van der Waals surface area contributed by atoms with Crippen LogP contribution in [0.4, 0.5) is 20.2 Å². The summed E-state index contributed by atoms with van der Waals surface area (Å²) in [6.07, 6.45) is -0.546. The fraction of sp³-hybridized carbons (Fsp3) is 0.571. The summed E-state index contributed by atoms with van der Waals surface area (Å²) in [6.45, 7) is 4.87. The minimum Gasteiger partial charge on any atom is -0.384 e. The lowest BCUT2D eigenvalue weighted by atomic mass is 9.92. The average molecular weight is 284 g/mol. The Bertz CT molecular complexity index is 514. The predicted molar refractivity (Wildman–Crippen MR) is 73.0 cm³/mol. The van der Waals surface area contributed by atoms with Gasteiger partial charge in [-0.25, -0.2) is 8.78 Å². The van der Waals surface area contributed by atoms with E-state index in [1.807, 2.05) is 0 Å². The molecule has 0 bridgehead atoms. The number of non-ortho nitro benzene ring substituents is 1. The minimum atomic E-state index is -2.73. The van der Waals surface area contributed by atoms with Crippen LogP contribution in [0.5, 0.6) is 0 Å². The number of rotatable bonds is 6. The molecule has 1 saturated carbocycles. The molecular weight excluding hydrogens is 266 g/mol. The van der Waals surface area contributed by atoms with Gasteiger partial charge in [-0.15, -0.1) is 0 Å². The Kier molecular flexibility index (Phi) is 3.92. The van der Waals surface area contributed by atoms with E-state index in [1.165, 1.54) is 12.1 Å². The highest BCUT2D eigenvalue weighted by Gasteiger charge is 2.45. The number of nitrogens with one attached hydrogen (secondary N) is 1. The lowest BCUT2D eigenvalue weighted by Crippen LogP contribution is -2.21. The lowest BCUT2D eigenvalue weighted by Gasteiger charge is -2.21. The van der Waals surface area contributed by atoms with E-state index in [4.69, 9.17) is 0 Å². The highest BCUT2D eigenvalue weighted by Crippen LogP contribution is 2.51. The number of alkyl halides is 2. The zero-order chi connectivity index (χ0) is 14.9. The van der Waals surface area contributed by atoms with Gasteiger partial charge in [-0.1, -0.05) is 13.8 Å². The van der Waals surface area contributed by atoms with Gasteiger partial charge in [-0.3, -0.25) is 10.1 Å². The van der Waals surface area contributed by atoms with E-state index in [0.717, 1.165) is 18.9 Å². The van der Waals surface area contributed by atoms with Gasteiger partial charge in [-0.05, 0) is 30.2 Å². The number of nitro benzene ring substituents is 1. The zero-order valence-corrected chi connectivity index (χ0v) is 11.5. The molecule has 20 heavy (non-hydrogen) atoms. The summed E-state index contributed by atoms with van der Waals surface area (Å²) in [7, 11) is 0. The summed E-state index contributed by atoms with van der Waals surface area (Å²) in [5.74, 6) is 0.489. The molecule has 0 atom stereocenters. The van der Waals surface area contributed by atoms with Gasteiger partial charge < -0.3 is 5.32 Å². The van der Waals surface area contributed by atoms with Crippen LogP contribution < -0.4 is 5.32 Å². The van der Waals surface area contributed by atoms with Crippen molar-refractivity contribution in [3.63, 3.8) is 0 Å². The summed E-state index contributed by atoms with van der Waals surface area (Å²) < 4.78 is 26.0. The molecule has 1 fully saturated rings. The van der Waals surface area contributed by atoms with Crippen LogP contribution in [0.2, 0.25) is 0 Å². The van der Waals surface area contributed by atoms with Crippen molar-refractivity contribution in [3.8, 4) is 0 Å². The van der Waals surface area contributed by atoms with Crippen molar-refractivity contribution < 1.29 is 13.7 Å². The maximum absolute atomic E-state index is 13.0. The van der Waals surface area contributed by atoms with Gasteiger partial charge in [0.25, 0.3) is 12.1 Å². The van der Waals surface area contributed by atoms with Crippen LogP contribution in [0, 0.1) is 21.4 Å². The van der Waals surface area contributed by atoms with E-state index in [2.05, 4.69) is 19.2 Å². The highest BCUT2D eigenvalue weighted by molar-refractivity contribution is 5.57. The fourth-order valence-electron chi connectivity index (χ4n) is 2.40. The average Bonchev–Trinajstić information content (AvgIpc) is 3.17. The first-order chi connectivity index (χ1) is 9.35. The number of benzene rings is 1.